The molecule has 3 rings (SSSR count). The Hall–Kier alpha value is -2.34. The molecule has 1 saturated heterocycles. The summed E-state index contributed by atoms with van der Waals surface area (Å²) in [6.45, 7) is 2.03. The molecule has 1 fully saturated rings. The maximum absolute atomic E-state index is 12.3. The first kappa shape index (κ1) is 17.5. The minimum atomic E-state index is -0.115. The highest BCUT2D eigenvalue weighted by atomic mass is 16.3. The molecule has 134 valence electrons. The van der Waals surface area contributed by atoms with Gasteiger partial charge in [-0.3, -0.25) is 0 Å². The van der Waals surface area contributed by atoms with Gasteiger partial charge in [-0.1, -0.05) is 30.3 Å². The lowest BCUT2D eigenvalue weighted by atomic mass is 10.1. The Kier molecular flexibility index (Phi) is 6.06. The number of hydrogen-bond acceptors (Lipinski definition) is 3. The molecule has 0 radical (unpaired) electrons. The number of benzene rings is 1. The Balaban J connectivity index is 1.47. The van der Waals surface area contributed by atoms with Crippen LogP contribution in [-0.2, 0) is 19.5 Å². The van der Waals surface area contributed by atoms with Crippen LogP contribution in [0.4, 0.5) is 4.79 Å². The first-order valence-electron chi connectivity index (χ1n) is 8.97. The SMILES string of the molecule is O=C(NCc1nccn1CCCc1ccccc1)N1CCC[C@H]1CO. The highest BCUT2D eigenvalue weighted by Gasteiger charge is 2.27. The maximum atomic E-state index is 12.3. The van der Waals surface area contributed by atoms with Crippen LogP contribution in [0, 0.1) is 0 Å². The average Bonchev–Trinajstić information content (AvgIpc) is 3.29. The van der Waals surface area contributed by atoms with Crippen LogP contribution in [0.15, 0.2) is 42.7 Å². The zero-order valence-corrected chi connectivity index (χ0v) is 14.5. The zero-order chi connectivity index (χ0) is 17.5. The van der Waals surface area contributed by atoms with Crippen LogP contribution in [0.25, 0.3) is 0 Å². The quantitative estimate of drug-likeness (QED) is 0.810. The Morgan fingerprint density at radius 1 is 1.32 bits per heavy atom. The second kappa shape index (κ2) is 8.67. The van der Waals surface area contributed by atoms with Gasteiger partial charge in [0.2, 0.25) is 0 Å². The summed E-state index contributed by atoms with van der Waals surface area (Å²) in [5.74, 6) is 0.862. The van der Waals surface area contributed by atoms with Crippen molar-refractivity contribution in [2.45, 2.75) is 44.8 Å². The van der Waals surface area contributed by atoms with Gasteiger partial charge >= 0.3 is 6.03 Å². The topological polar surface area (TPSA) is 70.4 Å². The van der Waals surface area contributed by atoms with Crippen molar-refractivity contribution in [2.75, 3.05) is 13.2 Å². The molecule has 1 aliphatic heterocycles. The minimum Gasteiger partial charge on any atom is -0.394 e. The third-order valence-electron chi connectivity index (χ3n) is 4.76. The normalized spacial score (nSPS) is 17.0. The van der Waals surface area contributed by atoms with Gasteiger partial charge in [-0.2, -0.15) is 0 Å². The smallest absolute Gasteiger partial charge is 0.318 e. The molecule has 1 aromatic carbocycles. The highest BCUT2D eigenvalue weighted by Crippen LogP contribution is 2.16. The monoisotopic (exact) mass is 342 g/mol. The lowest BCUT2D eigenvalue weighted by Crippen LogP contribution is -2.44. The van der Waals surface area contributed by atoms with E-state index in [9.17, 15) is 9.90 Å². The third-order valence-corrected chi connectivity index (χ3v) is 4.76. The highest BCUT2D eigenvalue weighted by molar-refractivity contribution is 5.74. The Morgan fingerprint density at radius 2 is 2.16 bits per heavy atom. The van der Waals surface area contributed by atoms with E-state index in [0.29, 0.717) is 13.1 Å². The molecule has 25 heavy (non-hydrogen) atoms. The fraction of sp³-hybridized carbons (Fsp3) is 0.474. The van der Waals surface area contributed by atoms with Gasteiger partial charge < -0.3 is 19.9 Å². The predicted molar refractivity (Wildman–Crippen MR) is 96.0 cm³/mol. The van der Waals surface area contributed by atoms with Gasteiger partial charge in [-0.25, -0.2) is 9.78 Å². The van der Waals surface area contributed by atoms with E-state index >= 15 is 0 Å². The van der Waals surface area contributed by atoms with Gasteiger partial charge in [0.1, 0.15) is 5.82 Å². The zero-order valence-electron chi connectivity index (χ0n) is 14.5. The van der Waals surface area contributed by atoms with Gasteiger partial charge in [0.25, 0.3) is 0 Å². The number of imidazole rings is 1. The summed E-state index contributed by atoms with van der Waals surface area (Å²) >= 11 is 0. The molecule has 2 N–H and O–H groups in total. The number of carbonyl (C=O) groups is 1. The number of urea groups is 1. The molecule has 1 atom stereocenters. The van der Waals surface area contributed by atoms with Crippen LogP contribution < -0.4 is 5.32 Å². The van der Waals surface area contributed by atoms with Gasteiger partial charge in [0.05, 0.1) is 19.2 Å². The van der Waals surface area contributed by atoms with Crippen LogP contribution in [0.3, 0.4) is 0 Å². The first-order chi connectivity index (χ1) is 12.3. The summed E-state index contributed by atoms with van der Waals surface area (Å²) in [6, 6.07) is 10.3. The summed E-state index contributed by atoms with van der Waals surface area (Å²) < 4.78 is 2.09. The van der Waals surface area contributed by atoms with E-state index in [1.807, 2.05) is 12.3 Å². The second-order valence-electron chi connectivity index (χ2n) is 6.46. The van der Waals surface area contributed by atoms with Crippen molar-refractivity contribution in [3.63, 3.8) is 0 Å². The van der Waals surface area contributed by atoms with E-state index in [0.717, 1.165) is 38.1 Å². The van der Waals surface area contributed by atoms with Crippen LogP contribution in [0.5, 0.6) is 0 Å². The van der Waals surface area contributed by atoms with Crippen molar-refractivity contribution in [1.82, 2.24) is 19.8 Å². The predicted octanol–water partition coefficient (Wildman–Crippen LogP) is 2.18. The molecule has 2 amide bonds. The standard InChI is InChI=1S/C19H26N4O2/c24-15-17-9-5-12-23(17)19(25)21-14-18-20-10-13-22(18)11-4-8-16-6-2-1-3-7-16/h1-3,6-7,10,13,17,24H,4-5,8-9,11-12,14-15H2,(H,21,25)/t17-/m0/s1. The second-order valence-corrected chi connectivity index (χ2v) is 6.46. The number of nitrogens with zero attached hydrogens (tertiary/aromatic N) is 3. The Labute approximate surface area is 148 Å². The van der Waals surface area contributed by atoms with Gasteiger partial charge in [0, 0.05) is 25.5 Å². The van der Waals surface area contributed by atoms with E-state index < -0.39 is 0 Å². The van der Waals surface area contributed by atoms with Crippen LogP contribution in [0.1, 0.15) is 30.7 Å². The van der Waals surface area contributed by atoms with Crippen LogP contribution in [-0.4, -0.2) is 44.8 Å². The average molecular weight is 342 g/mol. The first-order valence-corrected chi connectivity index (χ1v) is 8.97. The number of nitrogens with one attached hydrogen (secondary N) is 1. The number of carbonyl (C=O) groups excluding carboxylic acids is 1. The van der Waals surface area contributed by atoms with Crippen LogP contribution >= 0.6 is 0 Å². The van der Waals surface area contributed by atoms with Crippen molar-refractivity contribution in [1.29, 1.82) is 0 Å². The largest absolute Gasteiger partial charge is 0.394 e. The molecular weight excluding hydrogens is 316 g/mol. The van der Waals surface area contributed by atoms with Crippen molar-refractivity contribution >= 4 is 6.03 Å². The summed E-state index contributed by atoms with van der Waals surface area (Å²) in [5, 5.41) is 12.3. The lowest BCUT2D eigenvalue weighted by Gasteiger charge is -2.23. The number of aliphatic hydroxyl groups is 1. The minimum absolute atomic E-state index is 0.0293. The molecule has 6 nitrogen and oxygen atoms in total. The molecular formula is C19H26N4O2. The van der Waals surface area contributed by atoms with Crippen molar-refractivity contribution in [2.24, 2.45) is 0 Å². The fourth-order valence-electron chi connectivity index (χ4n) is 3.36. The molecule has 6 heteroatoms. The van der Waals surface area contributed by atoms with Crippen molar-refractivity contribution in [3.8, 4) is 0 Å². The molecule has 1 aliphatic rings. The summed E-state index contributed by atoms with van der Waals surface area (Å²) in [6.07, 6.45) is 7.61. The molecule has 0 aliphatic carbocycles. The van der Waals surface area contributed by atoms with E-state index in [-0.39, 0.29) is 18.7 Å². The van der Waals surface area contributed by atoms with E-state index in [2.05, 4.69) is 39.1 Å². The number of hydrogen-bond donors (Lipinski definition) is 2. The van der Waals surface area contributed by atoms with Crippen molar-refractivity contribution in [3.05, 3.63) is 54.1 Å². The lowest BCUT2D eigenvalue weighted by molar-refractivity contribution is 0.156. The molecule has 2 heterocycles. The molecule has 0 spiro atoms. The fourth-order valence-corrected chi connectivity index (χ4v) is 3.36. The third kappa shape index (κ3) is 4.60. The van der Waals surface area contributed by atoms with Gasteiger partial charge in [0.15, 0.2) is 0 Å². The van der Waals surface area contributed by atoms with E-state index in [4.69, 9.17) is 0 Å². The molecule has 1 aromatic heterocycles. The number of rotatable bonds is 7. The molecule has 0 unspecified atom stereocenters. The number of aryl methyl sites for hydroxylation is 2. The molecule has 2 aromatic rings. The Morgan fingerprint density at radius 3 is 2.96 bits per heavy atom. The van der Waals surface area contributed by atoms with Crippen LogP contribution in [0.2, 0.25) is 0 Å². The summed E-state index contributed by atoms with van der Waals surface area (Å²) in [4.78, 5) is 18.4. The number of aromatic nitrogens is 2. The summed E-state index contributed by atoms with van der Waals surface area (Å²) in [5.41, 5.74) is 1.33. The molecule has 0 saturated carbocycles. The van der Waals surface area contributed by atoms with Gasteiger partial charge in [-0.05, 0) is 31.2 Å². The van der Waals surface area contributed by atoms with Gasteiger partial charge in [-0.15, -0.1) is 0 Å². The maximum Gasteiger partial charge on any atom is 0.318 e. The number of aliphatic hydroxyl groups excluding tert-OH is 1. The number of likely N-dealkylation sites (tertiary alicyclic amines) is 1. The number of amides is 2. The van der Waals surface area contributed by atoms with Crippen molar-refractivity contribution < 1.29 is 9.90 Å². The molecule has 0 bridgehead atoms. The van der Waals surface area contributed by atoms with E-state index in [1.165, 1.54) is 5.56 Å². The van der Waals surface area contributed by atoms with E-state index in [1.54, 1.807) is 11.1 Å². The summed E-state index contributed by atoms with van der Waals surface area (Å²) in [7, 11) is 0. The Bertz CT molecular complexity index is 671.